The Kier molecular flexibility index (Phi) is 5.08. The molecule has 0 spiro atoms. The Morgan fingerprint density at radius 3 is 2.72 bits per heavy atom. The largest absolute Gasteiger partial charge is 0.450 e. The molecule has 2 fully saturated rings. The van der Waals surface area contributed by atoms with Gasteiger partial charge in [0.25, 0.3) is 0 Å². The van der Waals surface area contributed by atoms with Gasteiger partial charge in [-0.05, 0) is 37.8 Å². The van der Waals surface area contributed by atoms with Crippen molar-refractivity contribution in [2.24, 2.45) is 5.92 Å². The van der Waals surface area contributed by atoms with Gasteiger partial charge < -0.3 is 14.6 Å². The third kappa shape index (κ3) is 3.68. The van der Waals surface area contributed by atoms with Crippen LogP contribution in [-0.2, 0) is 4.79 Å². The van der Waals surface area contributed by atoms with Crippen LogP contribution in [0.15, 0.2) is 35.0 Å². The van der Waals surface area contributed by atoms with Crippen LogP contribution in [0.5, 0.6) is 0 Å². The third-order valence-corrected chi connectivity index (χ3v) is 6.43. The van der Waals surface area contributed by atoms with Gasteiger partial charge in [-0.25, -0.2) is 9.97 Å². The predicted octanol–water partition coefficient (Wildman–Crippen LogP) is 4.43. The first-order valence-corrected chi connectivity index (χ1v) is 11.0. The minimum atomic E-state index is 0.00129. The number of rotatable bonds is 3. The number of nitrogens with zero attached hydrogens (tertiary/aromatic N) is 3. The number of nitrogens with one attached hydrogen (secondary N) is 1. The molecule has 1 atom stereocenters. The van der Waals surface area contributed by atoms with Crippen LogP contribution in [0.25, 0.3) is 22.1 Å². The first-order valence-electron chi connectivity index (χ1n) is 11.0. The molecule has 1 N–H and O–H groups in total. The van der Waals surface area contributed by atoms with Gasteiger partial charge in [0.15, 0.2) is 11.4 Å². The smallest absolute Gasteiger partial charge is 0.225 e. The summed E-state index contributed by atoms with van der Waals surface area (Å²) in [4.78, 5) is 24.2. The van der Waals surface area contributed by atoms with Crippen molar-refractivity contribution in [1.29, 1.82) is 0 Å². The van der Waals surface area contributed by atoms with Crippen LogP contribution in [0.1, 0.15) is 51.4 Å². The Hall–Kier alpha value is -2.63. The highest BCUT2D eigenvalue weighted by Gasteiger charge is 2.29. The summed E-state index contributed by atoms with van der Waals surface area (Å²) in [7, 11) is 0. The molecule has 1 saturated heterocycles. The number of amides is 1. The number of fused-ring (bicyclic) bond motifs is 3. The Labute approximate surface area is 170 Å². The molecular weight excluding hydrogens is 364 g/mol. The zero-order chi connectivity index (χ0) is 19.6. The lowest BCUT2D eigenvalue weighted by Crippen LogP contribution is -2.46. The molecule has 0 radical (unpaired) electrons. The Bertz CT molecular complexity index is 1010. The molecule has 2 aliphatic rings. The van der Waals surface area contributed by atoms with E-state index in [2.05, 4.69) is 20.2 Å². The van der Waals surface area contributed by atoms with Crippen molar-refractivity contribution in [3.8, 4) is 0 Å². The van der Waals surface area contributed by atoms with Crippen molar-refractivity contribution in [2.75, 3.05) is 18.0 Å². The molecule has 6 heteroatoms. The average Bonchev–Trinajstić information content (AvgIpc) is 2.95. The first-order chi connectivity index (χ1) is 14.3. The average molecular weight is 393 g/mol. The molecular formula is C23H28N4O2. The number of anilines is 1. The minimum absolute atomic E-state index is 0.00129. The van der Waals surface area contributed by atoms with E-state index in [4.69, 9.17) is 4.42 Å². The number of benzene rings is 1. The minimum Gasteiger partial charge on any atom is -0.450 e. The zero-order valence-electron chi connectivity index (χ0n) is 16.8. The number of piperidine rings is 1. The van der Waals surface area contributed by atoms with Crippen LogP contribution in [0, 0.1) is 5.92 Å². The molecule has 3 heterocycles. The standard InChI is InChI=1S/C23H28N4O2/c28-23(26-17-9-3-1-2-4-10-17)16-8-7-13-27(14-16)22-21-20(24-15-25-22)18-11-5-6-12-19(18)29-21/h5-6,11-12,15-17H,1-4,7-10,13-14H2,(H,26,28)/t16-/m0/s1. The molecule has 0 bridgehead atoms. The van der Waals surface area contributed by atoms with E-state index in [-0.39, 0.29) is 11.8 Å². The summed E-state index contributed by atoms with van der Waals surface area (Å²) in [5, 5.41) is 4.34. The molecule has 29 heavy (non-hydrogen) atoms. The van der Waals surface area contributed by atoms with Gasteiger partial charge in [0, 0.05) is 24.5 Å². The molecule has 0 unspecified atom stereocenters. The predicted molar refractivity (Wildman–Crippen MR) is 114 cm³/mol. The van der Waals surface area contributed by atoms with Crippen LogP contribution < -0.4 is 10.2 Å². The highest BCUT2D eigenvalue weighted by Crippen LogP contribution is 2.33. The number of carbonyl (C=O) groups is 1. The number of furan rings is 1. The summed E-state index contributed by atoms with van der Waals surface area (Å²) in [5.74, 6) is 1.01. The van der Waals surface area contributed by atoms with Gasteiger partial charge in [-0.2, -0.15) is 0 Å². The monoisotopic (exact) mass is 392 g/mol. The fourth-order valence-electron chi connectivity index (χ4n) is 4.86. The topological polar surface area (TPSA) is 71.3 Å². The Morgan fingerprint density at radius 2 is 1.86 bits per heavy atom. The molecule has 1 amide bonds. The molecule has 1 aromatic carbocycles. The van der Waals surface area contributed by atoms with E-state index in [1.54, 1.807) is 6.33 Å². The highest BCUT2D eigenvalue weighted by molar-refractivity contribution is 6.05. The van der Waals surface area contributed by atoms with E-state index in [9.17, 15) is 4.79 Å². The number of hydrogen-bond acceptors (Lipinski definition) is 5. The fraction of sp³-hybridized carbons (Fsp3) is 0.522. The van der Waals surface area contributed by atoms with Gasteiger partial charge in [-0.1, -0.05) is 37.8 Å². The lowest BCUT2D eigenvalue weighted by atomic mass is 9.96. The number of aromatic nitrogens is 2. The summed E-state index contributed by atoms with van der Waals surface area (Å²) in [6, 6.07) is 8.29. The van der Waals surface area contributed by atoms with Gasteiger partial charge in [0.2, 0.25) is 5.91 Å². The zero-order valence-corrected chi connectivity index (χ0v) is 16.8. The second-order valence-corrected chi connectivity index (χ2v) is 8.46. The van der Waals surface area contributed by atoms with Gasteiger partial charge in [-0.3, -0.25) is 4.79 Å². The van der Waals surface area contributed by atoms with E-state index in [0.29, 0.717) is 12.6 Å². The Morgan fingerprint density at radius 1 is 1.03 bits per heavy atom. The molecule has 3 aromatic rings. The number of carbonyl (C=O) groups excluding carboxylic acids is 1. The van der Waals surface area contributed by atoms with E-state index >= 15 is 0 Å². The van der Waals surface area contributed by atoms with Gasteiger partial charge >= 0.3 is 0 Å². The maximum atomic E-state index is 13.0. The molecule has 6 nitrogen and oxygen atoms in total. The number of hydrogen-bond donors (Lipinski definition) is 1. The molecule has 5 rings (SSSR count). The summed E-state index contributed by atoms with van der Waals surface area (Å²) in [5.41, 5.74) is 2.39. The second kappa shape index (κ2) is 8.01. The number of para-hydroxylation sites is 1. The van der Waals surface area contributed by atoms with Crippen molar-refractivity contribution in [1.82, 2.24) is 15.3 Å². The summed E-state index contributed by atoms with van der Waals surface area (Å²) in [6.45, 7) is 1.57. The van der Waals surface area contributed by atoms with E-state index in [1.807, 2.05) is 24.3 Å². The van der Waals surface area contributed by atoms with E-state index in [1.165, 1.54) is 25.7 Å². The van der Waals surface area contributed by atoms with Gasteiger partial charge in [0.1, 0.15) is 17.4 Å². The second-order valence-electron chi connectivity index (χ2n) is 8.46. The van der Waals surface area contributed by atoms with Crippen LogP contribution in [-0.4, -0.2) is 35.0 Å². The summed E-state index contributed by atoms with van der Waals surface area (Å²) in [6.07, 6.45) is 10.8. The van der Waals surface area contributed by atoms with Crippen LogP contribution >= 0.6 is 0 Å². The lowest BCUT2D eigenvalue weighted by Gasteiger charge is -2.33. The molecule has 2 aromatic heterocycles. The lowest BCUT2D eigenvalue weighted by molar-refractivity contribution is -0.126. The maximum absolute atomic E-state index is 13.0. The SMILES string of the molecule is O=C(NC1CCCCCC1)[C@H]1CCCN(c2ncnc3c2oc2ccccc23)C1. The summed E-state index contributed by atoms with van der Waals surface area (Å²) >= 11 is 0. The van der Waals surface area contributed by atoms with Crippen LogP contribution in [0.3, 0.4) is 0 Å². The van der Waals surface area contributed by atoms with Gasteiger partial charge in [-0.15, -0.1) is 0 Å². The van der Waals surface area contributed by atoms with Gasteiger partial charge in [0.05, 0.1) is 5.92 Å². The molecule has 1 aliphatic heterocycles. The van der Waals surface area contributed by atoms with Crippen LogP contribution in [0.4, 0.5) is 5.82 Å². The van der Waals surface area contributed by atoms with E-state index < -0.39 is 0 Å². The molecule has 1 aliphatic carbocycles. The van der Waals surface area contributed by atoms with E-state index in [0.717, 1.165) is 60.1 Å². The van der Waals surface area contributed by atoms with Crippen molar-refractivity contribution in [3.05, 3.63) is 30.6 Å². The van der Waals surface area contributed by atoms with Crippen molar-refractivity contribution >= 4 is 33.8 Å². The third-order valence-electron chi connectivity index (χ3n) is 6.43. The maximum Gasteiger partial charge on any atom is 0.225 e. The normalized spacial score (nSPS) is 21.4. The summed E-state index contributed by atoms with van der Waals surface area (Å²) < 4.78 is 6.10. The van der Waals surface area contributed by atoms with Crippen molar-refractivity contribution < 1.29 is 9.21 Å². The van der Waals surface area contributed by atoms with Crippen molar-refractivity contribution in [2.45, 2.75) is 57.4 Å². The van der Waals surface area contributed by atoms with Crippen molar-refractivity contribution in [3.63, 3.8) is 0 Å². The highest BCUT2D eigenvalue weighted by atomic mass is 16.3. The quantitative estimate of drug-likeness (QED) is 0.668. The van der Waals surface area contributed by atoms with Crippen LogP contribution in [0.2, 0.25) is 0 Å². The first kappa shape index (κ1) is 18.4. The molecule has 152 valence electrons. The Balaban J connectivity index is 1.36. The molecule has 1 saturated carbocycles. The fourth-order valence-corrected chi connectivity index (χ4v) is 4.86.